The van der Waals surface area contributed by atoms with Crippen LogP contribution < -0.4 is 9.64 Å². The smallest absolute Gasteiger partial charge is 0.255 e. The second-order valence-corrected chi connectivity index (χ2v) is 9.50. The van der Waals surface area contributed by atoms with Gasteiger partial charge in [0.25, 0.3) is 5.91 Å². The number of methoxy groups -OCH3 is 1. The van der Waals surface area contributed by atoms with Crippen molar-refractivity contribution in [3.8, 4) is 5.75 Å². The van der Waals surface area contributed by atoms with E-state index in [1.54, 1.807) is 30.2 Å². The molecule has 0 saturated carbocycles. The van der Waals surface area contributed by atoms with Crippen LogP contribution in [0.2, 0.25) is 0 Å². The number of benzene rings is 1. The number of carbonyl (C=O) groups excluding carboxylic acids is 1. The molecule has 2 heterocycles. The molecule has 1 aromatic rings. The Morgan fingerprint density at radius 3 is 2.32 bits per heavy atom. The highest BCUT2D eigenvalue weighted by Gasteiger charge is 2.30. The first-order valence-corrected chi connectivity index (χ1v) is 11.2. The number of sulfonamides is 1. The van der Waals surface area contributed by atoms with Crippen LogP contribution in [0.4, 0.5) is 5.69 Å². The molecule has 2 aliphatic rings. The van der Waals surface area contributed by atoms with Crippen molar-refractivity contribution in [3.63, 3.8) is 0 Å². The molecule has 0 N–H and O–H groups in total. The zero-order valence-corrected chi connectivity index (χ0v) is 17.8. The fourth-order valence-electron chi connectivity index (χ4n) is 3.32. The lowest BCUT2D eigenvalue weighted by atomic mass is 10.2. The number of hydrogen-bond donors (Lipinski definition) is 0. The van der Waals surface area contributed by atoms with Crippen LogP contribution >= 0.6 is 23.2 Å². The molecular formula is C17H23Cl2N3O5S. The van der Waals surface area contributed by atoms with E-state index in [9.17, 15) is 13.2 Å². The molecule has 2 fully saturated rings. The minimum Gasteiger partial charge on any atom is -0.495 e. The Hall–Kier alpha value is -1.26. The maximum absolute atomic E-state index is 13.0. The van der Waals surface area contributed by atoms with E-state index in [1.165, 1.54) is 4.31 Å². The number of halogens is 2. The van der Waals surface area contributed by atoms with Gasteiger partial charge in [0.15, 0.2) is 4.84 Å². The molecule has 28 heavy (non-hydrogen) atoms. The molecule has 0 radical (unpaired) electrons. The fraction of sp³-hybridized carbons (Fsp3) is 0.588. The highest BCUT2D eigenvalue weighted by atomic mass is 35.5. The highest BCUT2D eigenvalue weighted by Crippen LogP contribution is 2.33. The average molecular weight is 452 g/mol. The highest BCUT2D eigenvalue weighted by molar-refractivity contribution is 7.89. The molecule has 0 aliphatic carbocycles. The van der Waals surface area contributed by atoms with E-state index >= 15 is 0 Å². The van der Waals surface area contributed by atoms with E-state index in [2.05, 4.69) is 0 Å². The van der Waals surface area contributed by atoms with Gasteiger partial charge in [0.2, 0.25) is 10.0 Å². The monoisotopic (exact) mass is 451 g/mol. The molecule has 11 heteroatoms. The number of alkyl halides is 2. The van der Waals surface area contributed by atoms with Gasteiger partial charge in [-0.05, 0) is 18.2 Å². The molecule has 0 spiro atoms. The summed E-state index contributed by atoms with van der Waals surface area (Å²) in [7, 11) is -2.07. The van der Waals surface area contributed by atoms with Gasteiger partial charge in [-0.25, -0.2) is 8.42 Å². The Labute approximate surface area is 174 Å². The van der Waals surface area contributed by atoms with E-state index in [0.717, 1.165) is 0 Å². The van der Waals surface area contributed by atoms with Gasteiger partial charge < -0.3 is 19.3 Å². The largest absolute Gasteiger partial charge is 0.495 e. The van der Waals surface area contributed by atoms with Gasteiger partial charge >= 0.3 is 0 Å². The number of amides is 1. The van der Waals surface area contributed by atoms with Crippen molar-refractivity contribution >= 4 is 44.8 Å². The van der Waals surface area contributed by atoms with Crippen LogP contribution in [0.25, 0.3) is 0 Å². The first kappa shape index (κ1) is 21.4. The van der Waals surface area contributed by atoms with Crippen molar-refractivity contribution in [1.29, 1.82) is 0 Å². The third-order valence-electron chi connectivity index (χ3n) is 4.88. The standard InChI is InChI=1S/C17H23Cl2N3O5S/c1-26-15-3-2-13(28(24,25)22-8-10-27-11-9-22)12-14(15)20-4-6-21(7-5-20)17(23)16(18)19/h2-3,12,16H,4-11H2,1H3. The van der Waals surface area contributed by atoms with Crippen LogP contribution in [0.1, 0.15) is 0 Å². The molecule has 2 saturated heterocycles. The van der Waals surface area contributed by atoms with Gasteiger partial charge in [-0.2, -0.15) is 4.31 Å². The molecule has 8 nitrogen and oxygen atoms in total. The Balaban J connectivity index is 1.81. The van der Waals surface area contributed by atoms with Crippen molar-refractivity contribution in [1.82, 2.24) is 9.21 Å². The van der Waals surface area contributed by atoms with Gasteiger partial charge in [0.05, 0.1) is 30.9 Å². The van der Waals surface area contributed by atoms with E-state index in [4.69, 9.17) is 32.7 Å². The third-order valence-corrected chi connectivity index (χ3v) is 7.14. The second kappa shape index (κ2) is 9.04. The first-order valence-electron chi connectivity index (χ1n) is 8.92. The molecule has 0 aromatic heterocycles. The predicted octanol–water partition coefficient (Wildman–Crippen LogP) is 1.17. The first-order chi connectivity index (χ1) is 13.3. The SMILES string of the molecule is COc1ccc(S(=O)(=O)N2CCOCC2)cc1N1CCN(C(=O)C(Cl)Cl)CC1. The number of anilines is 1. The number of nitrogens with zero attached hydrogens (tertiary/aromatic N) is 3. The lowest BCUT2D eigenvalue weighted by molar-refractivity contribution is -0.129. The molecule has 0 bridgehead atoms. The van der Waals surface area contributed by atoms with Crippen molar-refractivity contribution in [2.45, 2.75) is 9.73 Å². The molecule has 1 aromatic carbocycles. The Bertz CT molecular complexity index is 807. The quantitative estimate of drug-likeness (QED) is 0.625. The maximum Gasteiger partial charge on any atom is 0.255 e. The normalized spacial score (nSPS) is 19.1. The van der Waals surface area contributed by atoms with Gasteiger partial charge in [-0.3, -0.25) is 4.79 Å². The molecule has 1 amide bonds. The summed E-state index contributed by atoms with van der Waals surface area (Å²) in [6.45, 7) is 3.37. The predicted molar refractivity (Wildman–Crippen MR) is 107 cm³/mol. The van der Waals surface area contributed by atoms with Crippen LogP contribution in [-0.2, 0) is 19.6 Å². The number of rotatable bonds is 5. The number of morpholine rings is 1. The lowest BCUT2D eigenvalue weighted by Gasteiger charge is -2.37. The molecule has 3 rings (SSSR count). The van der Waals surface area contributed by atoms with Crippen LogP contribution in [0, 0.1) is 0 Å². The summed E-state index contributed by atoms with van der Waals surface area (Å²) >= 11 is 11.3. The van der Waals surface area contributed by atoms with Crippen LogP contribution in [0.5, 0.6) is 5.75 Å². The van der Waals surface area contributed by atoms with Crippen molar-refractivity contribution in [3.05, 3.63) is 18.2 Å². The second-order valence-electron chi connectivity index (χ2n) is 6.46. The number of hydrogen-bond acceptors (Lipinski definition) is 6. The molecule has 2 aliphatic heterocycles. The maximum atomic E-state index is 13.0. The van der Waals surface area contributed by atoms with E-state index in [-0.39, 0.29) is 10.8 Å². The Kier molecular flexibility index (Phi) is 6.93. The summed E-state index contributed by atoms with van der Waals surface area (Å²) in [5.41, 5.74) is 0.678. The lowest BCUT2D eigenvalue weighted by Crippen LogP contribution is -2.50. The zero-order chi connectivity index (χ0) is 20.3. The van der Waals surface area contributed by atoms with Gasteiger partial charge in [0.1, 0.15) is 5.75 Å². The summed E-state index contributed by atoms with van der Waals surface area (Å²) in [6, 6.07) is 4.85. The summed E-state index contributed by atoms with van der Waals surface area (Å²) in [4.78, 5) is 14.7. The number of ether oxygens (including phenoxy) is 2. The molecule has 156 valence electrons. The molecule has 0 atom stereocenters. The Morgan fingerprint density at radius 1 is 1.11 bits per heavy atom. The number of piperazine rings is 1. The zero-order valence-electron chi connectivity index (χ0n) is 15.5. The van der Waals surface area contributed by atoms with Crippen LogP contribution in [0.3, 0.4) is 0 Å². The number of carbonyl (C=O) groups is 1. The van der Waals surface area contributed by atoms with Crippen LogP contribution in [0.15, 0.2) is 23.1 Å². The minimum atomic E-state index is -3.61. The van der Waals surface area contributed by atoms with E-state index < -0.39 is 14.9 Å². The van der Waals surface area contributed by atoms with E-state index in [0.29, 0.717) is 63.9 Å². The van der Waals surface area contributed by atoms with Gasteiger partial charge in [-0.15, -0.1) is 0 Å². The average Bonchev–Trinajstić information content (AvgIpc) is 2.73. The van der Waals surface area contributed by atoms with Crippen molar-refractivity contribution in [2.24, 2.45) is 0 Å². The van der Waals surface area contributed by atoms with Gasteiger partial charge in [0, 0.05) is 39.3 Å². The summed E-state index contributed by atoms with van der Waals surface area (Å²) in [5, 5.41) is 0. The van der Waals surface area contributed by atoms with Crippen molar-refractivity contribution in [2.75, 3.05) is 64.5 Å². The third kappa shape index (κ3) is 4.49. The summed E-state index contributed by atoms with van der Waals surface area (Å²) in [5.74, 6) is 0.256. The van der Waals surface area contributed by atoms with Crippen molar-refractivity contribution < 1.29 is 22.7 Å². The topological polar surface area (TPSA) is 79.4 Å². The summed E-state index contributed by atoms with van der Waals surface area (Å²) in [6.07, 6.45) is 0. The summed E-state index contributed by atoms with van der Waals surface area (Å²) < 4.78 is 38.0. The fourth-order valence-corrected chi connectivity index (χ4v) is 5.02. The Morgan fingerprint density at radius 2 is 1.75 bits per heavy atom. The molecule has 0 unspecified atom stereocenters. The van der Waals surface area contributed by atoms with Gasteiger partial charge in [-0.1, -0.05) is 23.2 Å². The van der Waals surface area contributed by atoms with Crippen LogP contribution in [-0.4, -0.2) is 88.0 Å². The molecular weight excluding hydrogens is 429 g/mol. The minimum absolute atomic E-state index is 0.213. The van der Waals surface area contributed by atoms with E-state index in [1.807, 2.05) is 4.90 Å².